The Balaban J connectivity index is 1.98. The lowest BCUT2D eigenvalue weighted by atomic mass is 10.1. The Labute approximate surface area is 137 Å². The van der Waals surface area contributed by atoms with Crippen molar-refractivity contribution in [3.05, 3.63) is 29.8 Å². The summed E-state index contributed by atoms with van der Waals surface area (Å²) >= 11 is 0. The molecule has 1 aromatic rings. The van der Waals surface area contributed by atoms with Gasteiger partial charge in [-0.1, -0.05) is 6.07 Å². The standard InChI is InChI=1S/C17H26FN3O2/c1-12-11-20(16(22)23-17(3,4)5)8-9-21(12)13(2)14-6-7-15(18)19-10-14/h6-7,10,12-13H,8-9,11H2,1-5H3. The SMILES string of the molecule is CC1CN(C(=O)OC(C)(C)C)CCN1C(C)c1ccc(F)nc1. The van der Waals surface area contributed by atoms with Crippen molar-refractivity contribution in [2.75, 3.05) is 19.6 Å². The number of hydrogen-bond acceptors (Lipinski definition) is 4. The highest BCUT2D eigenvalue weighted by atomic mass is 19.1. The number of piperazine rings is 1. The highest BCUT2D eigenvalue weighted by Gasteiger charge is 2.32. The van der Waals surface area contributed by atoms with Crippen LogP contribution in [0, 0.1) is 5.95 Å². The molecule has 128 valence electrons. The molecule has 1 amide bonds. The molecular weight excluding hydrogens is 297 g/mol. The first-order chi connectivity index (χ1) is 10.7. The lowest BCUT2D eigenvalue weighted by molar-refractivity contribution is -0.000751. The maximum Gasteiger partial charge on any atom is 0.410 e. The van der Waals surface area contributed by atoms with Gasteiger partial charge in [0, 0.05) is 37.9 Å². The van der Waals surface area contributed by atoms with Crippen LogP contribution in [0.2, 0.25) is 0 Å². The van der Waals surface area contributed by atoms with Crippen LogP contribution in [-0.4, -0.2) is 52.2 Å². The fraction of sp³-hybridized carbons (Fsp3) is 0.647. The third kappa shape index (κ3) is 4.64. The first-order valence-corrected chi connectivity index (χ1v) is 8.02. The summed E-state index contributed by atoms with van der Waals surface area (Å²) in [6.45, 7) is 11.8. The van der Waals surface area contributed by atoms with Crippen molar-refractivity contribution >= 4 is 6.09 Å². The number of carbonyl (C=O) groups is 1. The number of aromatic nitrogens is 1. The van der Waals surface area contributed by atoms with Gasteiger partial charge in [0.25, 0.3) is 0 Å². The van der Waals surface area contributed by atoms with Crippen LogP contribution >= 0.6 is 0 Å². The molecule has 0 N–H and O–H groups in total. The van der Waals surface area contributed by atoms with Gasteiger partial charge in [-0.05, 0) is 46.2 Å². The van der Waals surface area contributed by atoms with Gasteiger partial charge in [-0.3, -0.25) is 4.90 Å². The summed E-state index contributed by atoms with van der Waals surface area (Å²) < 4.78 is 18.4. The molecule has 0 aliphatic carbocycles. The Hall–Kier alpha value is -1.69. The van der Waals surface area contributed by atoms with Crippen molar-refractivity contribution in [3.8, 4) is 0 Å². The molecule has 1 aromatic heterocycles. The zero-order valence-corrected chi connectivity index (χ0v) is 14.5. The molecule has 2 atom stereocenters. The van der Waals surface area contributed by atoms with Gasteiger partial charge in [0.15, 0.2) is 0 Å². The van der Waals surface area contributed by atoms with E-state index in [9.17, 15) is 9.18 Å². The lowest BCUT2D eigenvalue weighted by Crippen LogP contribution is -2.54. The molecular formula is C17H26FN3O2. The van der Waals surface area contributed by atoms with Crippen molar-refractivity contribution in [1.29, 1.82) is 0 Å². The third-order valence-electron chi connectivity index (χ3n) is 4.06. The molecule has 0 radical (unpaired) electrons. The van der Waals surface area contributed by atoms with Gasteiger partial charge in [0.1, 0.15) is 5.60 Å². The molecule has 0 bridgehead atoms. The smallest absolute Gasteiger partial charge is 0.410 e. The first-order valence-electron chi connectivity index (χ1n) is 8.02. The highest BCUT2D eigenvalue weighted by molar-refractivity contribution is 5.68. The predicted octanol–water partition coefficient (Wildman–Crippen LogP) is 3.22. The number of pyridine rings is 1. The second-order valence-corrected chi connectivity index (χ2v) is 7.10. The summed E-state index contributed by atoms with van der Waals surface area (Å²) in [4.78, 5) is 20.0. The number of ether oxygens (including phenoxy) is 1. The molecule has 1 aliphatic rings. The zero-order chi connectivity index (χ0) is 17.2. The van der Waals surface area contributed by atoms with E-state index in [1.54, 1.807) is 17.2 Å². The van der Waals surface area contributed by atoms with Crippen LogP contribution in [0.5, 0.6) is 0 Å². The minimum Gasteiger partial charge on any atom is -0.444 e. The molecule has 2 heterocycles. The quantitative estimate of drug-likeness (QED) is 0.784. The van der Waals surface area contributed by atoms with Crippen molar-refractivity contribution < 1.29 is 13.9 Å². The van der Waals surface area contributed by atoms with Crippen LogP contribution in [0.4, 0.5) is 9.18 Å². The van der Waals surface area contributed by atoms with Gasteiger partial charge in [-0.2, -0.15) is 4.39 Å². The number of rotatable bonds is 2. The van der Waals surface area contributed by atoms with E-state index in [4.69, 9.17) is 4.74 Å². The van der Waals surface area contributed by atoms with Crippen molar-refractivity contribution in [2.45, 2.75) is 52.3 Å². The molecule has 0 spiro atoms. The van der Waals surface area contributed by atoms with E-state index >= 15 is 0 Å². The minimum atomic E-state index is -0.482. The fourth-order valence-corrected chi connectivity index (χ4v) is 2.87. The Bertz CT molecular complexity index is 542. The van der Waals surface area contributed by atoms with Gasteiger partial charge >= 0.3 is 6.09 Å². The molecule has 1 aliphatic heterocycles. The number of halogens is 1. The summed E-state index contributed by atoms with van der Waals surface area (Å²) in [6, 6.07) is 3.46. The predicted molar refractivity (Wildman–Crippen MR) is 86.6 cm³/mol. The number of nitrogens with zero attached hydrogens (tertiary/aromatic N) is 3. The largest absolute Gasteiger partial charge is 0.444 e. The molecule has 23 heavy (non-hydrogen) atoms. The third-order valence-corrected chi connectivity index (χ3v) is 4.06. The highest BCUT2D eigenvalue weighted by Crippen LogP contribution is 2.25. The first kappa shape index (κ1) is 17.7. The van der Waals surface area contributed by atoms with Crippen LogP contribution in [0.15, 0.2) is 18.3 Å². The Morgan fingerprint density at radius 3 is 2.61 bits per heavy atom. The molecule has 1 fully saturated rings. The average Bonchev–Trinajstić information content (AvgIpc) is 2.45. The van der Waals surface area contributed by atoms with Crippen LogP contribution in [-0.2, 0) is 4.74 Å². The van der Waals surface area contributed by atoms with Crippen molar-refractivity contribution in [3.63, 3.8) is 0 Å². The molecule has 5 nitrogen and oxygen atoms in total. The van der Waals surface area contributed by atoms with E-state index in [-0.39, 0.29) is 18.2 Å². The van der Waals surface area contributed by atoms with Gasteiger partial charge in [0.05, 0.1) is 0 Å². The molecule has 2 unspecified atom stereocenters. The normalized spacial score (nSPS) is 21.1. The Kier molecular flexibility index (Phi) is 5.24. The molecule has 2 rings (SSSR count). The summed E-state index contributed by atoms with van der Waals surface area (Å²) in [5.74, 6) is -0.469. The number of amides is 1. The zero-order valence-electron chi connectivity index (χ0n) is 14.5. The van der Waals surface area contributed by atoms with Crippen LogP contribution < -0.4 is 0 Å². The molecule has 0 aromatic carbocycles. The topological polar surface area (TPSA) is 45.7 Å². The van der Waals surface area contributed by atoms with E-state index < -0.39 is 11.5 Å². The van der Waals surface area contributed by atoms with Crippen molar-refractivity contribution in [1.82, 2.24) is 14.8 Å². The van der Waals surface area contributed by atoms with Crippen LogP contribution in [0.3, 0.4) is 0 Å². The minimum absolute atomic E-state index is 0.124. The van der Waals surface area contributed by atoms with Crippen LogP contribution in [0.1, 0.15) is 46.2 Å². The monoisotopic (exact) mass is 323 g/mol. The van der Waals surface area contributed by atoms with Crippen molar-refractivity contribution in [2.24, 2.45) is 0 Å². The van der Waals surface area contributed by atoms with Crippen LogP contribution in [0.25, 0.3) is 0 Å². The van der Waals surface area contributed by atoms with E-state index in [0.717, 1.165) is 12.1 Å². The summed E-state index contributed by atoms with van der Waals surface area (Å²) in [7, 11) is 0. The summed E-state index contributed by atoms with van der Waals surface area (Å²) in [5, 5.41) is 0. The van der Waals surface area contributed by atoms with E-state index in [1.165, 1.54) is 6.07 Å². The maximum absolute atomic E-state index is 13.0. The lowest BCUT2D eigenvalue weighted by Gasteiger charge is -2.43. The molecule has 1 saturated heterocycles. The summed E-state index contributed by atoms with van der Waals surface area (Å²) in [6.07, 6.45) is 1.31. The van der Waals surface area contributed by atoms with E-state index in [0.29, 0.717) is 13.1 Å². The number of hydrogen-bond donors (Lipinski definition) is 0. The average molecular weight is 323 g/mol. The number of carbonyl (C=O) groups excluding carboxylic acids is 1. The van der Waals surface area contributed by atoms with Gasteiger partial charge in [-0.15, -0.1) is 0 Å². The molecule has 6 heteroatoms. The van der Waals surface area contributed by atoms with E-state index in [1.807, 2.05) is 20.8 Å². The molecule has 0 saturated carbocycles. The fourth-order valence-electron chi connectivity index (χ4n) is 2.87. The Morgan fingerprint density at radius 2 is 2.09 bits per heavy atom. The second kappa shape index (κ2) is 6.83. The maximum atomic E-state index is 13.0. The Morgan fingerprint density at radius 1 is 1.39 bits per heavy atom. The van der Waals surface area contributed by atoms with Gasteiger partial charge in [0.2, 0.25) is 5.95 Å². The second-order valence-electron chi connectivity index (χ2n) is 7.10. The van der Waals surface area contributed by atoms with Gasteiger partial charge in [-0.25, -0.2) is 9.78 Å². The van der Waals surface area contributed by atoms with Gasteiger partial charge < -0.3 is 9.64 Å². The summed E-state index contributed by atoms with van der Waals surface area (Å²) in [5.41, 5.74) is 0.494. The van der Waals surface area contributed by atoms with E-state index in [2.05, 4.69) is 23.7 Å².